The molecule has 1 heterocycles. The molecule has 1 saturated heterocycles. The third kappa shape index (κ3) is 1.66. The molecule has 1 fully saturated rings. The summed E-state index contributed by atoms with van der Waals surface area (Å²) in [5, 5.41) is 3.23. The van der Waals surface area contributed by atoms with Crippen molar-refractivity contribution in [3.63, 3.8) is 0 Å². The summed E-state index contributed by atoms with van der Waals surface area (Å²) in [4.78, 5) is 2.47. The molecule has 0 aliphatic carbocycles. The average Bonchev–Trinajstić information content (AvgIpc) is 2.37. The van der Waals surface area contributed by atoms with Crippen molar-refractivity contribution in [3.8, 4) is 0 Å². The largest absolute Gasteiger partial charge is 0.305 e. The fourth-order valence-corrected chi connectivity index (χ4v) is 1.31. The Bertz CT molecular complexity index is 77.0. The molecule has 0 bridgehead atoms. The summed E-state index contributed by atoms with van der Waals surface area (Å²) in [5.74, 6) is 0. The molecule has 0 amide bonds. The van der Waals surface area contributed by atoms with E-state index in [1.807, 2.05) is 7.05 Å². The fourth-order valence-electron chi connectivity index (χ4n) is 1.31. The van der Waals surface area contributed by atoms with Gasteiger partial charge in [0.15, 0.2) is 0 Å². The van der Waals surface area contributed by atoms with Crippen molar-refractivity contribution in [3.05, 3.63) is 0 Å². The highest BCUT2D eigenvalue weighted by atomic mass is 15.3. The number of hydrogen-bond donors (Lipinski definition) is 1. The second-order valence-electron chi connectivity index (χ2n) is 2.71. The maximum Gasteiger partial charge on any atom is 0.0565 e. The third-order valence-electron chi connectivity index (χ3n) is 2.11. The van der Waals surface area contributed by atoms with E-state index in [1.54, 1.807) is 0 Å². The van der Waals surface area contributed by atoms with E-state index in [4.69, 9.17) is 0 Å². The normalized spacial score (nSPS) is 24.7. The number of likely N-dealkylation sites (tertiary alicyclic amines) is 1. The van der Waals surface area contributed by atoms with Crippen molar-refractivity contribution in [1.29, 1.82) is 0 Å². The SMILES string of the molecule is CN[C@H](C)N1CCCC1. The monoisotopic (exact) mass is 128 g/mol. The van der Waals surface area contributed by atoms with Gasteiger partial charge in [-0.2, -0.15) is 0 Å². The molecule has 0 aromatic rings. The Hall–Kier alpha value is -0.0800. The van der Waals surface area contributed by atoms with Gasteiger partial charge in [0.25, 0.3) is 0 Å². The molecule has 1 N–H and O–H groups in total. The van der Waals surface area contributed by atoms with Crippen LogP contribution >= 0.6 is 0 Å². The minimum atomic E-state index is 0.576. The summed E-state index contributed by atoms with van der Waals surface area (Å²) in [7, 11) is 2.02. The van der Waals surface area contributed by atoms with Gasteiger partial charge in [-0.3, -0.25) is 4.90 Å². The lowest BCUT2D eigenvalue weighted by Gasteiger charge is -2.22. The van der Waals surface area contributed by atoms with Gasteiger partial charge >= 0.3 is 0 Å². The van der Waals surface area contributed by atoms with E-state index in [9.17, 15) is 0 Å². The van der Waals surface area contributed by atoms with Crippen LogP contribution in [0.1, 0.15) is 19.8 Å². The predicted molar refractivity (Wildman–Crippen MR) is 39.3 cm³/mol. The Labute approximate surface area is 57.2 Å². The van der Waals surface area contributed by atoms with Crippen LogP contribution < -0.4 is 5.32 Å². The van der Waals surface area contributed by atoms with Gasteiger partial charge in [-0.05, 0) is 39.9 Å². The molecule has 2 nitrogen and oxygen atoms in total. The molecule has 0 spiro atoms. The van der Waals surface area contributed by atoms with Gasteiger partial charge in [-0.15, -0.1) is 0 Å². The highest BCUT2D eigenvalue weighted by Crippen LogP contribution is 2.08. The fraction of sp³-hybridized carbons (Fsp3) is 1.00. The smallest absolute Gasteiger partial charge is 0.0565 e. The average molecular weight is 128 g/mol. The molecular weight excluding hydrogens is 112 g/mol. The second-order valence-corrected chi connectivity index (χ2v) is 2.71. The van der Waals surface area contributed by atoms with Crippen LogP contribution in [0.25, 0.3) is 0 Å². The van der Waals surface area contributed by atoms with Gasteiger partial charge in [0.05, 0.1) is 6.17 Å². The Morgan fingerprint density at radius 3 is 2.33 bits per heavy atom. The van der Waals surface area contributed by atoms with Crippen LogP contribution in [-0.2, 0) is 0 Å². The molecule has 0 aromatic heterocycles. The van der Waals surface area contributed by atoms with Gasteiger partial charge in [-0.25, -0.2) is 0 Å². The van der Waals surface area contributed by atoms with Crippen LogP contribution in [0, 0.1) is 0 Å². The molecule has 9 heavy (non-hydrogen) atoms. The van der Waals surface area contributed by atoms with Crippen LogP contribution in [0.15, 0.2) is 0 Å². The molecule has 1 aliphatic heterocycles. The molecule has 54 valence electrons. The predicted octanol–water partition coefficient (Wildman–Crippen LogP) is 0.648. The first-order valence-corrected chi connectivity index (χ1v) is 3.76. The Balaban J connectivity index is 2.24. The molecule has 0 unspecified atom stereocenters. The minimum Gasteiger partial charge on any atom is -0.305 e. The molecule has 2 heteroatoms. The molecule has 1 atom stereocenters. The van der Waals surface area contributed by atoms with Crippen LogP contribution in [0.3, 0.4) is 0 Å². The summed E-state index contributed by atoms with van der Waals surface area (Å²) >= 11 is 0. The van der Waals surface area contributed by atoms with Crippen molar-refractivity contribution in [1.82, 2.24) is 10.2 Å². The van der Waals surface area contributed by atoms with E-state index >= 15 is 0 Å². The highest BCUT2D eigenvalue weighted by molar-refractivity contribution is 4.69. The molecule has 0 saturated carbocycles. The van der Waals surface area contributed by atoms with Gasteiger partial charge in [-0.1, -0.05) is 0 Å². The Morgan fingerprint density at radius 2 is 1.89 bits per heavy atom. The first-order valence-electron chi connectivity index (χ1n) is 3.76. The number of nitrogens with one attached hydrogen (secondary N) is 1. The third-order valence-corrected chi connectivity index (χ3v) is 2.11. The van der Waals surface area contributed by atoms with Crippen LogP contribution in [0.2, 0.25) is 0 Å². The molecule has 0 radical (unpaired) electrons. The molecule has 1 rings (SSSR count). The Kier molecular flexibility index (Phi) is 2.49. The van der Waals surface area contributed by atoms with Gasteiger partial charge in [0.2, 0.25) is 0 Å². The zero-order valence-electron chi connectivity index (χ0n) is 6.35. The lowest BCUT2D eigenvalue weighted by atomic mass is 10.4. The summed E-state index contributed by atoms with van der Waals surface area (Å²) < 4.78 is 0. The first kappa shape index (κ1) is 7.03. The van der Waals surface area contributed by atoms with Gasteiger partial charge in [0, 0.05) is 0 Å². The van der Waals surface area contributed by atoms with Crippen LogP contribution in [0.5, 0.6) is 0 Å². The van der Waals surface area contributed by atoms with Crippen LogP contribution in [0.4, 0.5) is 0 Å². The number of rotatable bonds is 2. The van der Waals surface area contributed by atoms with E-state index in [0.717, 1.165) is 0 Å². The summed E-state index contributed by atoms with van der Waals surface area (Å²) in [6.45, 7) is 4.77. The molecule has 0 aromatic carbocycles. The minimum absolute atomic E-state index is 0.576. The highest BCUT2D eigenvalue weighted by Gasteiger charge is 2.15. The van der Waals surface area contributed by atoms with E-state index in [2.05, 4.69) is 17.1 Å². The molecule has 1 aliphatic rings. The quantitative estimate of drug-likeness (QED) is 0.587. The summed E-state index contributed by atoms with van der Waals surface area (Å²) in [6.07, 6.45) is 3.34. The van der Waals surface area contributed by atoms with Crippen molar-refractivity contribution >= 4 is 0 Å². The first-order chi connectivity index (χ1) is 4.34. The standard InChI is InChI=1S/C7H16N2/c1-7(8-2)9-5-3-4-6-9/h7-8H,3-6H2,1-2H3/t7-/m0/s1. The maximum atomic E-state index is 3.23. The Morgan fingerprint density at radius 1 is 1.33 bits per heavy atom. The van der Waals surface area contributed by atoms with Gasteiger partial charge in [0.1, 0.15) is 0 Å². The molecular formula is C7H16N2. The maximum absolute atomic E-state index is 3.23. The summed E-state index contributed by atoms with van der Waals surface area (Å²) in [6, 6.07) is 0. The zero-order chi connectivity index (χ0) is 6.69. The van der Waals surface area contributed by atoms with Crippen LogP contribution in [-0.4, -0.2) is 31.2 Å². The zero-order valence-corrected chi connectivity index (χ0v) is 6.35. The van der Waals surface area contributed by atoms with Crippen molar-refractivity contribution in [2.45, 2.75) is 25.9 Å². The van der Waals surface area contributed by atoms with E-state index in [0.29, 0.717) is 6.17 Å². The van der Waals surface area contributed by atoms with Crippen molar-refractivity contribution in [2.24, 2.45) is 0 Å². The van der Waals surface area contributed by atoms with Crippen molar-refractivity contribution in [2.75, 3.05) is 20.1 Å². The van der Waals surface area contributed by atoms with E-state index in [1.165, 1.54) is 25.9 Å². The second kappa shape index (κ2) is 3.18. The lowest BCUT2D eigenvalue weighted by molar-refractivity contribution is 0.231. The summed E-state index contributed by atoms with van der Waals surface area (Å²) in [5.41, 5.74) is 0. The lowest BCUT2D eigenvalue weighted by Crippen LogP contribution is -2.39. The van der Waals surface area contributed by atoms with E-state index < -0.39 is 0 Å². The number of nitrogens with zero attached hydrogens (tertiary/aromatic N) is 1. The number of hydrogen-bond acceptors (Lipinski definition) is 2. The van der Waals surface area contributed by atoms with E-state index in [-0.39, 0.29) is 0 Å². The van der Waals surface area contributed by atoms with Gasteiger partial charge < -0.3 is 5.32 Å². The topological polar surface area (TPSA) is 15.3 Å². The van der Waals surface area contributed by atoms with Crippen molar-refractivity contribution < 1.29 is 0 Å².